The fourth-order valence-corrected chi connectivity index (χ4v) is 2.91. The molecule has 100 valence electrons. The molecular formula is C15H21BrO2. The quantitative estimate of drug-likeness (QED) is 0.831. The molecule has 1 atom stereocenters. The zero-order valence-corrected chi connectivity index (χ0v) is 12.9. The second kappa shape index (κ2) is 5.12. The molecule has 0 fully saturated rings. The number of alkyl halides is 1. The summed E-state index contributed by atoms with van der Waals surface area (Å²) in [6, 6.07) is 3.89. The standard InChI is InChI=1S/C15H21BrO2/c1-15(2,3)12-9-14-10(8-13(12)17)4-5-11(18-14)6-7-16/h8-9,11,17H,4-7H2,1-3H3. The van der Waals surface area contributed by atoms with Crippen molar-refractivity contribution in [2.75, 3.05) is 5.33 Å². The second-order valence-electron chi connectivity index (χ2n) is 5.98. The molecule has 0 saturated heterocycles. The number of benzene rings is 1. The van der Waals surface area contributed by atoms with Crippen LogP contribution in [-0.2, 0) is 11.8 Å². The Hall–Kier alpha value is -0.700. The lowest BCUT2D eigenvalue weighted by Crippen LogP contribution is -2.23. The lowest BCUT2D eigenvalue weighted by Gasteiger charge is -2.29. The molecule has 1 aliphatic heterocycles. The van der Waals surface area contributed by atoms with Gasteiger partial charge >= 0.3 is 0 Å². The molecule has 0 saturated carbocycles. The van der Waals surface area contributed by atoms with Crippen LogP contribution in [0.15, 0.2) is 12.1 Å². The maximum atomic E-state index is 10.1. The van der Waals surface area contributed by atoms with Crippen LogP contribution in [0.2, 0.25) is 0 Å². The van der Waals surface area contributed by atoms with E-state index >= 15 is 0 Å². The van der Waals surface area contributed by atoms with E-state index < -0.39 is 0 Å². The number of phenols is 1. The average molecular weight is 313 g/mol. The zero-order valence-electron chi connectivity index (χ0n) is 11.3. The number of hydrogen-bond donors (Lipinski definition) is 1. The third-order valence-electron chi connectivity index (χ3n) is 3.45. The summed E-state index contributed by atoms with van der Waals surface area (Å²) in [5.74, 6) is 1.35. The van der Waals surface area contributed by atoms with Crippen molar-refractivity contribution in [1.82, 2.24) is 0 Å². The number of aromatic hydroxyl groups is 1. The predicted molar refractivity (Wildman–Crippen MR) is 78.0 cm³/mol. The Bertz CT molecular complexity index is 435. The highest BCUT2D eigenvalue weighted by molar-refractivity contribution is 9.09. The van der Waals surface area contributed by atoms with Crippen LogP contribution in [0.1, 0.15) is 44.7 Å². The van der Waals surface area contributed by atoms with E-state index in [9.17, 15) is 5.11 Å². The summed E-state index contributed by atoms with van der Waals surface area (Å²) in [7, 11) is 0. The normalized spacial score (nSPS) is 19.2. The largest absolute Gasteiger partial charge is 0.508 e. The number of fused-ring (bicyclic) bond motifs is 1. The fraction of sp³-hybridized carbons (Fsp3) is 0.600. The van der Waals surface area contributed by atoms with Crippen LogP contribution >= 0.6 is 15.9 Å². The van der Waals surface area contributed by atoms with Crippen molar-refractivity contribution in [2.45, 2.75) is 51.6 Å². The number of phenolic OH excluding ortho intramolecular Hbond substituents is 1. The molecule has 1 aromatic carbocycles. The van der Waals surface area contributed by atoms with E-state index in [4.69, 9.17) is 4.74 Å². The summed E-state index contributed by atoms with van der Waals surface area (Å²) < 4.78 is 6.02. The molecule has 2 nitrogen and oxygen atoms in total. The van der Waals surface area contributed by atoms with Gasteiger partial charge in [0.05, 0.1) is 6.10 Å². The molecule has 1 aromatic rings. The van der Waals surface area contributed by atoms with Crippen molar-refractivity contribution in [3.05, 3.63) is 23.3 Å². The highest BCUT2D eigenvalue weighted by Crippen LogP contribution is 2.39. The van der Waals surface area contributed by atoms with Crippen LogP contribution in [0.4, 0.5) is 0 Å². The van der Waals surface area contributed by atoms with Gasteiger partial charge in [0.15, 0.2) is 0 Å². The monoisotopic (exact) mass is 312 g/mol. The lowest BCUT2D eigenvalue weighted by molar-refractivity contribution is 0.170. The lowest BCUT2D eigenvalue weighted by atomic mass is 9.84. The molecule has 3 heteroatoms. The van der Waals surface area contributed by atoms with Gasteiger partial charge in [-0.3, -0.25) is 0 Å². The summed E-state index contributed by atoms with van der Waals surface area (Å²) in [5, 5.41) is 11.1. The van der Waals surface area contributed by atoms with Gasteiger partial charge in [-0.15, -0.1) is 0 Å². The predicted octanol–water partition coefficient (Wildman–Crippen LogP) is 4.17. The first-order valence-corrected chi connectivity index (χ1v) is 7.63. The van der Waals surface area contributed by atoms with Crippen molar-refractivity contribution in [3.8, 4) is 11.5 Å². The fourth-order valence-electron chi connectivity index (χ4n) is 2.40. The Labute approximate surface area is 117 Å². The van der Waals surface area contributed by atoms with Gasteiger partial charge < -0.3 is 9.84 Å². The van der Waals surface area contributed by atoms with Gasteiger partial charge in [0, 0.05) is 10.9 Å². The van der Waals surface area contributed by atoms with E-state index in [0.29, 0.717) is 11.9 Å². The molecule has 1 N–H and O–H groups in total. The van der Waals surface area contributed by atoms with Gasteiger partial charge in [-0.05, 0) is 42.4 Å². The number of halogens is 1. The Morgan fingerprint density at radius 1 is 1.39 bits per heavy atom. The molecular weight excluding hydrogens is 292 g/mol. The molecule has 0 aromatic heterocycles. The molecule has 0 radical (unpaired) electrons. The van der Waals surface area contributed by atoms with Crippen molar-refractivity contribution in [3.63, 3.8) is 0 Å². The van der Waals surface area contributed by atoms with Crippen LogP contribution in [-0.4, -0.2) is 16.5 Å². The smallest absolute Gasteiger partial charge is 0.123 e. The zero-order chi connectivity index (χ0) is 13.3. The minimum atomic E-state index is -0.0646. The Balaban J connectivity index is 2.32. The summed E-state index contributed by atoms with van der Waals surface area (Å²) in [6.07, 6.45) is 3.36. The average Bonchev–Trinajstić information content (AvgIpc) is 2.27. The SMILES string of the molecule is CC(C)(C)c1cc2c(cc1O)CCC(CCBr)O2. The first-order chi connectivity index (χ1) is 8.41. The van der Waals surface area contributed by atoms with E-state index in [1.165, 1.54) is 0 Å². The van der Waals surface area contributed by atoms with Gasteiger partial charge in [-0.2, -0.15) is 0 Å². The Kier molecular flexibility index (Phi) is 3.90. The minimum Gasteiger partial charge on any atom is -0.508 e. The van der Waals surface area contributed by atoms with E-state index in [-0.39, 0.29) is 5.41 Å². The molecule has 0 bridgehead atoms. The maximum absolute atomic E-state index is 10.1. The van der Waals surface area contributed by atoms with E-state index in [2.05, 4.69) is 36.7 Å². The van der Waals surface area contributed by atoms with E-state index in [1.54, 1.807) is 0 Å². The Morgan fingerprint density at radius 3 is 2.72 bits per heavy atom. The van der Waals surface area contributed by atoms with Gasteiger partial charge in [-0.1, -0.05) is 36.7 Å². The summed E-state index contributed by atoms with van der Waals surface area (Å²) >= 11 is 3.46. The molecule has 0 spiro atoms. The third kappa shape index (κ3) is 2.82. The highest BCUT2D eigenvalue weighted by Gasteiger charge is 2.25. The second-order valence-corrected chi connectivity index (χ2v) is 6.78. The summed E-state index contributed by atoms with van der Waals surface area (Å²) in [4.78, 5) is 0. The van der Waals surface area contributed by atoms with Crippen LogP contribution in [0.25, 0.3) is 0 Å². The molecule has 1 aliphatic rings. The molecule has 2 rings (SSSR count). The van der Waals surface area contributed by atoms with Crippen LogP contribution in [0, 0.1) is 0 Å². The first kappa shape index (κ1) is 13.7. The van der Waals surface area contributed by atoms with Crippen molar-refractivity contribution >= 4 is 15.9 Å². The summed E-state index contributed by atoms with van der Waals surface area (Å²) in [5.41, 5.74) is 2.03. The van der Waals surface area contributed by atoms with Crippen molar-refractivity contribution < 1.29 is 9.84 Å². The highest BCUT2D eigenvalue weighted by atomic mass is 79.9. The topological polar surface area (TPSA) is 29.5 Å². The van der Waals surface area contributed by atoms with Gasteiger partial charge in [-0.25, -0.2) is 0 Å². The summed E-state index contributed by atoms with van der Waals surface area (Å²) in [6.45, 7) is 6.31. The van der Waals surface area contributed by atoms with Crippen LogP contribution < -0.4 is 4.74 Å². The van der Waals surface area contributed by atoms with E-state index in [0.717, 1.165) is 41.5 Å². The van der Waals surface area contributed by atoms with Crippen molar-refractivity contribution in [2.24, 2.45) is 0 Å². The molecule has 0 amide bonds. The van der Waals surface area contributed by atoms with Gasteiger partial charge in [0.2, 0.25) is 0 Å². The van der Waals surface area contributed by atoms with Gasteiger partial charge in [0.25, 0.3) is 0 Å². The first-order valence-electron chi connectivity index (χ1n) is 6.51. The molecule has 1 unspecified atom stereocenters. The number of ether oxygens (including phenoxy) is 1. The molecule has 0 aliphatic carbocycles. The number of hydrogen-bond acceptors (Lipinski definition) is 2. The Morgan fingerprint density at radius 2 is 2.11 bits per heavy atom. The maximum Gasteiger partial charge on any atom is 0.123 e. The van der Waals surface area contributed by atoms with Crippen molar-refractivity contribution in [1.29, 1.82) is 0 Å². The van der Waals surface area contributed by atoms with Crippen LogP contribution in [0.3, 0.4) is 0 Å². The third-order valence-corrected chi connectivity index (χ3v) is 3.91. The number of rotatable bonds is 2. The number of aryl methyl sites for hydroxylation is 1. The van der Waals surface area contributed by atoms with E-state index in [1.807, 2.05) is 12.1 Å². The molecule has 1 heterocycles. The van der Waals surface area contributed by atoms with Crippen LogP contribution in [0.5, 0.6) is 11.5 Å². The van der Waals surface area contributed by atoms with Gasteiger partial charge in [0.1, 0.15) is 11.5 Å². The molecule has 18 heavy (non-hydrogen) atoms. The minimum absolute atomic E-state index is 0.0646.